The first-order valence-electron chi connectivity index (χ1n) is 7.90. The van der Waals surface area contributed by atoms with Crippen molar-refractivity contribution in [3.63, 3.8) is 0 Å². The first-order chi connectivity index (χ1) is 10.4. The number of nitrogens with one attached hydrogen (secondary N) is 1. The van der Waals surface area contributed by atoms with E-state index in [1.54, 1.807) is 0 Å². The second kappa shape index (κ2) is 5.94. The number of likely N-dealkylation sites (tertiary alicyclic amines) is 1. The molecule has 2 aliphatic heterocycles. The molecule has 3 aliphatic rings. The Bertz CT molecular complexity index is 586. The molecule has 0 aromatic carbocycles. The minimum Gasteiger partial charge on any atom is -0.380 e. The first-order valence-corrected chi connectivity index (χ1v) is 9.79. The third kappa shape index (κ3) is 3.21. The molecule has 0 saturated carbocycles. The summed E-state index contributed by atoms with van der Waals surface area (Å²) < 4.78 is 31.0. The summed E-state index contributed by atoms with van der Waals surface area (Å²) in [5.74, 6) is 0.350. The Morgan fingerprint density at radius 2 is 2.32 bits per heavy atom. The number of nitrogens with zero attached hydrogens (tertiary/aromatic N) is 1. The zero-order chi connectivity index (χ0) is 15.8. The van der Waals surface area contributed by atoms with Crippen LogP contribution in [0.4, 0.5) is 0 Å². The van der Waals surface area contributed by atoms with Gasteiger partial charge in [0.15, 0.2) is 0 Å². The molecule has 1 N–H and O–H groups in total. The lowest BCUT2D eigenvalue weighted by molar-refractivity contribution is -0.127. The molecule has 0 spiro atoms. The number of hydrogen-bond donors (Lipinski definition) is 1. The average molecular weight is 328 g/mol. The maximum atomic E-state index is 12.7. The normalized spacial score (nSPS) is 32.0. The zero-order valence-electron chi connectivity index (χ0n) is 13.0. The molecule has 0 aromatic heterocycles. The van der Waals surface area contributed by atoms with E-state index in [9.17, 15) is 13.2 Å². The van der Waals surface area contributed by atoms with Gasteiger partial charge in [-0.2, -0.15) is 0 Å². The topological polar surface area (TPSA) is 75.7 Å². The number of amides is 1. The van der Waals surface area contributed by atoms with Crippen molar-refractivity contribution in [3.05, 3.63) is 11.6 Å². The second-order valence-electron chi connectivity index (χ2n) is 6.83. The lowest BCUT2D eigenvalue weighted by Gasteiger charge is -2.27. The number of hydrogen-bond acceptors (Lipinski definition) is 4. The Hall–Kier alpha value is -0.920. The molecule has 2 saturated heterocycles. The Kier molecular flexibility index (Phi) is 4.31. The van der Waals surface area contributed by atoms with Gasteiger partial charge in [-0.25, -0.2) is 13.1 Å². The van der Waals surface area contributed by atoms with Crippen LogP contribution in [-0.4, -0.2) is 58.3 Å². The molecule has 124 valence electrons. The van der Waals surface area contributed by atoms with E-state index < -0.39 is 10.0 Å². The number of sulfonamides is 1. The van der Waals surface area contributed by atoms with Crippen LogP contribution in [0, 0.1) is 11.3 Å². The summed E-state index contributed by atoms with van der Waals surface area (Å²) in [6, 6.07) is 0. The molecule has 0 unspecified atom stereocenters. The molecule has 1 amide bonds. The highest BCUT2D eigenvalue weighted by Gasteiger charge is 2.52. The lowest BCUT2D eigenvalue weighted by Crippen LogP contribution is -2.43. The SMILES string of the molecule is CS(=O)(=O)NC[C@]12COC[C@H]1CN(C(=O)C1=CCCCC1)C2. The molecular formula is C15H24N2O4S. The smallest absolute Gasteiger partial charge is 0.249 e. The number of ether oxygens (including phenoxy) is 1. The Labute approximate surface area is 131 Å². The second-order valence-corrected chi connectivity index (χ2v) is 8.66. The fraction of sp³-hybridized carbons (Fsp3) is 0.800. The molecule has 0 aromatic rings. The van der Waals surface area contributed by atoms with Crippen molar-refractivity contribution in [1.29, 1.82) is 0 Å². The van der Waals surface area contributed by atoms with Gasteiger partial charge < -0.3 is 9.64 Å². The largest absolute Gasteiger partial charge is 0.380 e. The van der Waals surface area contributed by atoms with E-state index >= 15 is 0 Å². The van der Waals surface area contributed by atoms with Crippen molar-refractivity contribution in [2.45, 2.75) is 25.7 Å². The molecule has 7 heteroatoms. The maximum absolute atomic E-state index is 12.7. The standard InChI is InChI=1S/C15H24N2O4S/c1-22(19,20)16-9-15-10-17(7-13(15)8-21-11-15)14(18)12-5-3-2-4-6-12/h5,13,16H,2-4,6-11H2,1H3/t13-,15+/m1/s1. The van der Waals surface area contributed by atoms with Crippen molar-refractivity contribution in [2.24, 2.45) is 11.3 Å². The zero-order valence-corrected chi connectivity index (χ0v) is 13.8. The van der Waals surface area contributed by atoms with Crippen LogP contribution in [0.2, 0.25) is 0 Å². The van der Waals surface area contributed by atoms with Crippen LogP contribution in [0.25, 0.3) is 0 Å². The molecule has 6 nitrogen and oxygen atoms in total. The van der Waals surface area contributed by atoms with E-state index in [4.69, 9.17) is 4.74 Å². The molecule has 2 atom stereocenters. The van der Waals surface area contributed by atoms with Gasteiger partial charge in [-0.3, -0.25) is 4.79 Å². The maximum Gasteiger partial charge on any atom is 0.249 e. The molecule has 22 heavy (non-hydrogen) atoms. The van der Waals surface area contributed by atoms with Gasteiger partial charge in [-0.1, -0.05) is 6.08 Å². The van der Waals surface area contributed by atoms with E-state index in [2.05, 4.69) is 10.8 Å². The number of rotatable bonds is 4. The average Bonchev–Trinajstić information content (AvgIpc) is 3.02. The summed E-state index contributed by atoms with van der Waals surface area (Å²) in [4.78, 5) is 14.6. The quantitative estimate of drug-likeness (QED) is 0.816. The van der Waals surface area contributed by atoms with Crippen molar-refractivity contribution >= 4 is 15.9 Å². The molecule has 2 fully saturated rings. The predicted molar refractivity (Wildman–Crippen MR) is 82.7 cm³/mol. The predicted octanol–water partition coefficient (Wildman–Crippen LogP) is 0.511. The summed E-state index contributed by atoms with van der Waals surface area (Å²) >= 11 is 0. The lowest BCUT2D eigenvalue weighted by atomic mass is 9.81. The van der Waals surface area contributed by atoms with E-state index in [0.29, 0.717) is 32.8 Å². The Morgan fingerprint density at radius 3 is 3.00 bits per heavy atom. The van der Waals surface area contributed by atoms with E-state index in [-0.39, 0.29) is 17.2 Å². The summed E-state index contributed by atoms with van der Waals surface area (Å²) in [6.45, 7) is 2.72. The van der Waals surface area contributed by atoms with Crippen molar-refractivity contribution in [2.75, 3.05) is 39.1 Å². The Morgan fingerprint density at radius 1 is 1.50 bits per heavy atom. The fourth-order valence-electron chi connectivity index (χ4n) is 3.75. The minimum absolute atomic E-state index is 0.132. The summed E-state index contributed by atoms with van der Waals surface area (Å²) in [5.41, 5.74) is 0.659. The first kappa shape index (κ1) is 16.0. The van der Waals surface area contributed by atoms with Crippen molar-refractivity contribution in [3.8, 4) is 0 Å². The Balaban J connectivity index is 1.70. The molecule has 0 radical (unpaired) electrons. The van der Waals surface area contributed by atoms with E-state index in [1.165, 1.54) is 6.26 Å². The van der Waals surface area contributed by atoms with Crippen molar-refractivity contribution < 1.29 is 17.9 Å². The van der Waals surface area contributed by atoms with Crippen LogP contribution in [0.15, 0.2) is 11.6 Å². The van der Waals surface area contributed by atoms with Crippen LogP contribution in [-0.2, 0) is 19.6 Å². The van der Waals surface area contributed by atoms with Gasteiger partial charge >= 0.3 is 0 Å². The number of carbonyl (C=O) groups is 1. The van der Waals surface area contributed by atoms with Crippen LogP contribution >= 0.6 is 0 Å². The van der Waals surface area contributed by atoms with Gasteiger partial charge in [0.25, 0.3) is 0 Å². The van der Waals surface area contributed by atoms with Gasteiger partial charge in [0, 0.05) is 36.5 Å². The molecule has 2 heterocycles. The van der Waals surface area contributed by atoms with Gasteiger partial charge in [0.1, 0.15) is 0 Å². The molecule has 1 aliphatic carbocycles. The number of carbonyl (C=O) groups excluding carboxylic acids is 1. The monoisotopic (exact) mass is 328 g/mol. The van der Waals surface area contributed by atoms with Gasteiger partial charge in [-0.05, 0) is 25.7 Å². The van der Waals surface area contributed by atoms with Crippen LogP contribution in [0.3, 0.4) is 0 Å². The molecule has 3 rings (SSSR count). The van der Waals surface area contributed by atoms with Gasteiger partial charge in [0.05, 0.1) is 19.5 Å². The fourth-order valence-corrected chi connectivity index (χ4v) is 4.30. The van der Waals surface area contributed by atoms with E-state index in [1.807, 2.05) is 4.90 Å². The minimum atomic E-state index is -3.23. The van der Waals surface area contributed by atoms with Crippen LogP contribution < -0.4 is 4.72 Å². The number of allylic oxidation sites excluding steroid dienone is 1. The van der Waals surface area contributed by atoms with Gasteiger partial charge in [0.2, 0.25) is 15.9 Å². The highest BCUT2D eigenvalue weighted by atomic mass is 32.2. The molecular weight excluding hydrogens is 304 g/mol. The van der Waals surface area contributed by atoms with E-state index in [0.717, 1.165) is 31.3 Å². The highest BCUT2D eigenvalue weighted by molar-refractivity contribution is 7.88. The number of fused-ring (bicyclic) bond motifs is 1. The van der Waals surface area contributed by atoms with Gasteiger partial charge in [-0.15, -0.1) is 0 Å². The summed E-state index contributed by atoms with van der Waals surface area (Å²) in [7, 11) is -3.23. The molecule has 0 bridgehead atoms. The van der Waals surface area contributed by atoms with Crippen LogP contribution in [0.5, 0.6) is 0 Å². The van der Waals surface area contributed by atoms with Crippen LogP contribution in [0.1, 0.15) is 25.7 Å². The third-order valence-corrected chi connectivity index (χ3v) is 5.73. The summed E-state index contributed by atoms with van der Waals surface area (Å²) in [6.07, 6.45) is 7.33. The highest BCUT2D eigenvalue weighted by Crippen LogP contribution is 2.41. The third-order valence-electron chi connectivity index (χ3n) is 5.06. The summed E-state index contributed by atoms with van der Waals surface area (Å²) in [5, 5.41) is 0. The van der Waals surface area contributed by atoms with Crippen molar-refractivity contribution in [1.82, 2.24) is 9.62 Å².